The summed E-state index contributed by atoms with van der Waals surface area (Å²) in [4.78, 5) is 61.1. The minimum absolute atomic E-state index is 0.0199. The van der Waals surface area contributed by atoms with Crippen molar-refractivity contribution in [1.82, 2.24) is 40.4 Å². The van der Waals surface area contributed by atoms with Crippen LogP contribution in [0.5, 0.6) is 0 Å². The summed E-state index contributed by atoms with van der Waals surface area (Å²) in [6, 6.07) is 20.7. The second-order valence-corrected chi connectivity index (χ2v) is 18.6. The molecule has 2 aliphatic heterocycles. The van der Waals surface area contributed by atoms with Crippen molar-refractivity contribution in [2.24, 2.45) is 23.2 Å². The largest absolute Gasteiger partial charge is 0.453 e. The van der Waals surface area contributed by atoms with E-state index < -0.39 is 12.1 Å². The lowest BCUT2D eigenvalue weighted by Gasteiger charge is -2.36. The van der Waals surface area contributed by atoms with E-state index in [1.54, 1.807) is 7.11 Å². The van der Waals surface area contributed by atoms with Crippen molar-refractivity contribution in [3.63, 3.8) is 0 Å². The first-order valence-corrected chi connectivity index (χ1v) is 22.1. The zero-order valence-electron chi connectivity index (χ0n) is 35.4. The Morgan fingerprint density at radius 2 is 1.48 bits per heavy atom. The first kappa shape index (κ1) is 39.6. The number of fused-ring (bicyclic) bond motifs is 3. The van der Waals surface area contributed by atoms with Gasteiger partial charge in [-0.1, -0.05) is 62.4 Å². The van der Waals surface area contributed by atoms with Crippen LogP contribution in [-0.2, 0) is 19.1 Å². The number of H-pyrrole nitrogens is 2. The molecule has 4 heterocycles. The van der Waals surface area contributed by atoms with Crippen molar-refractivity contribution < 1.29 is 23.9 Å². The number of aromatic nitrogens is 4. The normalized spacial score (nSPS) is 23.6. The molecule has 3 saturated carbocycles. The molecule has 61 heavy (non-hydrogen) atoms. The quantitative estimate of drug-likeness (QED) is 0.0879. The SMILES string of the molecule is COCNC(C(=O)N1CC2(CC2)CC1c1ncc(-c2ccc(-c3ccc4cc(-c5cnc(C6C7CCC(C7)N6C(=O)C(NC(=O)OC)C6CC6)[nH]5)ccc4c3)cc2)[nH]1)C(C)C. The maximum Gasteiger partial charge on any atom is 0.407 e. The zero-order chi connectivity index (χ0) is 42.0. The molecule has 13 heteroatoms. The van der Waals surface area contributed by atoms with Crippen LogP contribution in [0.25, 0.3) is 44.4 Å². The van der Waals surface area contributed by atoms with E-state index in [2.05, 4.69) is 100 Å². The van der Waals surface area contributed by atoms with Crippen molar-refractivity contribution in [3.8, 4) is 33.6 Å². The van der Waals surface area contributed by atoms with Crippen LogP contribution in [-0.4, -0.2) is 93.3 Å². The fraction of sp³-hybridized carbons (Fsp3) is 0.479. The first-order valence-electron chi connectivity index (χ1n) is 22.1. The summed E-state index contributed by atoms with van der Waals surface area (Å²) in [5.74, 6) is 2.38. The fourth-order valence-electron chi connectivity index (χ4n) is 10.6. The van der Waals surface area contributed by atoms with E-state index in [0.717, 1.165) is 114 Å². The summed E-state index contributed by atoms with van der Waals surface area (Å²) < 4.78 is 10.1. The third-order valence-electron chi connectivity index (χ3n) is 14.3. The molecule has 0 radical (unpaired) electrons. The van der Waals surface area contributed by atoms with Gasteiger partial charge in [0.1, 0.15) is 17.7 Å². The van der Waals surface area contributed by atoms with Crippen molar-refractivity contribution in [3.05, 3.63) is 84.7 Å². The Morgan fingerprint density at radius 1 is 0.820 bits per heavy atom. The molecule has 2 saturated heterocycles. The number of carbonyl (C=O) groups is 3. The Kier molecular flexibility index (Phi) is 10.2. The van der Waals surface area contributed by atoms with Crippen molar-refractivity contribution in [2.45, 2.75) is 95.4 Å². The molecule has 5 aliphatic rings. The van der Waals surface area contributed by atoms with E-state index in [0.29, 0.717) is 12.6 Å². The predicted molar refractivity (Wildman–Crippen MR) is 232 cm³/mol. The van der Waals surface area contributed by atoms with E-state index in [-0.39, 0.29) is 53.2 Å². The average molecular weight is 825 g/mol. The number of benzene rings is 3. The van der Waals surface area contributed by atoms with Gasteiger partial charge in [-0.15, -0.1) is 0 Å². The number of methoxy groups -OCH3 is 2. The summed E-state index contributed by atoms with van der Waals surface area (Å²) in [5.41, 5.74) is 6.40. The number of aromatic amines is 2. The lowest BCUT2D eigenvalue weighted by atomic mass is 9.96. The summed E-state index contributed by atoms with van der Waals surface area (Å²) in [6.07, 6.45) is 11.3. The van der Waals surface area contributed by atoms with Crippen LogP contribution in [0.4, 0.5) is 4.79 Å². The van der Waals surface area contributed by atoms with Crippen LogP contribution in [0, 0.1) is 23.2 Å². The number of alkyl carbamates (subject to hydrolysis) is 1. The van der Waals surface area contributed by atoms with Gasteiger partial charge < -0.3 is 34.6 Å². The Bertz CT molecular complexity index is 2450. The van der Waals surface area contributed by atoms with Gasteiger partial charge in [-0.2, -0.15) is 0 Å². The lowest BCUT2D eigenvalue weighted by molar-refractivity contribution is -0.139. The molecule has 3 aliphatic carbocycles. The molecule has 4 N–H and O–H groups in total. The number of imidazole rings is 2. The molecular formula is C48H56N8O5. The number of piperidine rings is 1. The number of nitrogens with zero attached hydrogens (tertiary/aromatic N) is 4. The number of likely N-dealkylation sites (tertiary alicyclic amines) is 2. The second kappa shape index (κ2) is 15.7. The molecule has 2 aromatic heterocycles. The summed E-state index contributed by atoms with van der Waals surface area (Å²) >= 11 is 0. The highest BCUT2D eigenvalue weighted by Gasteiger charge is 2.55. The van der Waals surface area contributed by atoms with E-state index in [1.807, 2.05) is 17.3 Å². The summed E-state index contributed by atoms with van der Waals surface area (Å²) in [5, 5.41) is 8.39. The Balaban J connectivity index is 0.832. The molecule has 2 bridgehead atoms. The standard InChI is InChI=1S/C48H56N8O5/c1-27(2)40(51-26-60-3)45(57)55-25-48(17-18-48)22-39(55)43-49-23-37(52-43)29-7-5-28(6-8-29)31-11-12-33-20-34(14-13-32(33)19-31)38-24-50-44(53-38)42-35-15-16-36(21-35)56(42)46(58)41(30-9-10-30)54-47(59)61-4/h5-8,11-14,19-20,23-24,27,30,35-36,39-42,51H,9-10,15-18,21-22,25-26H2,1-4H3,(H,49,52)(H,50,53)(H,54,59). The van der Waals surface area contributed by atoms with Crippen molar-refractivity contribution in [1.29, 1.82) is 0 Å². The number of hydrogen-bond donors (Lipinski definition) is 4. The van der Waals surface area contributed by atoms with Gasteiger partial charge in [0.15, 0.2) is 0 Å². The van der Waals surface area contributed by atoms with Crippen LogP contribution >= 0.6 is 0 Å². The summed E-state index contributed by atoms with van der Waals surface area (Å²) in [6.45, 7) is 5.26. The van der Waals surface area contributed by atoms with E-state index in [1.165, 1.54) is 7.11 Å². The number of nitrogens with one attached hydrogen (secondary N) is 4. The second-order valence-electron chi connectivity index (χ2n) is 18.6. The molecular weight excluding hydrogens is 769 g/mol. The molecule has 3 amide bonds. The number of amides is 3. The lowest BCUT2D eigenvalue weighted by Crippen LogP contribution is -2.52. The molecule has 5 aromatic rings. The van der Waals surface area contributed by atoms with Crippen LogP contribution in [0.3, 0.4) is 0 Å². The average Bonchev–Trinajstić information content (AvgIpc) is 3.83. The summed E-state index contributed by atoms with van der Waals surface area (Å²) in [7, 11) is 2.97. The highest BCUT2D eigenvalue weighted by molar-refractivity contribution is 5.91. The van der Waals surface area contributed by atoms with Crippen LogP contribution in [0.2, 0.25) is 0 Å². The van der Waals surface area contributed by atoms with Gasteiger partial charge in [-0.3, -0.25) is 14.9 Å². The Hall–Kier alpha value is -5.53. The molecule has 5 fully saturated rings. The fourth-order valence-corrected chi connectivity index (χ4v) is 10.6. The van der Waals surface area contributed by atoms with E-state index >= 15 is 0 Å². The molecule has 1 spiro atoms. The number of hydrogen-bond acceptors (Lipinski definition) is 8. The number of rotatable bonds is 13. The van der Waals surface area contributed by atoms with Gasteiger partial charge >= 0.3 is 6.09 Å². The molecule has 318 valence electrons. The molecule has 6 atom stereocenters. The van der Waals surface area contributed by atoms with Crippen LogP contribution < -0.4 is 10.6 Å². The number of ether oxygens (including phenoxy) is 2. The van der Waals surface area contributed by atoms with Crippen molar-refractivity contribution >= 4 is 28.7 Å². The van der Waals surface area contributed by atoms with Gasteiger partial charge in [0, 0.05) is 25.3 Å². The smallest absolute Gasteiger partial charge is 0.407 e. The van der Waals surface area contributed by atoms with E-state index in [4.69, 9.17) is 19.4 Å². The van der Waals surface area contributed by atoms with Crippen LogP contribution in [0.15, 0.2) is 73.1 Å². The van der Waals surface area contributed by atoms with Gasteiger partial charge in [0.2, 0.25) is 11.8 Å². The van der Waals surface area contributed by atoms with Crippen molar-refractivity contribution in [2.75, 3.05) is 27.5 Å². The van der Waals surface area contributed by atoms with Gasteiger partial charge in [-0.05, 0) is 114 Å². The molecule has 13 nitrogen and oxygen atoms in total. The Morgan fingerprint density at radius 3 is 2.16 bits per heavy atom. The minimum atomic E-state index is -0.563. The van der Waals surface area contributed by atoms with Crippen LogP contribution in [0.1, 0.15) is 88.9 Å². The molecule has 10 rings (SSSR count). The van der Waals surface area contributed by atoms with Gasteiger partial charge in [0.25, 0.3) is 0 Å². The van der Waals surface area contributed by atoms with E-state index in [9.17, 15) is 14.4 Å². The van der Waals surface area contributed by atoms with Gasteiger partial charge in [0.05, 0.1) is 55.7 Å². The third kappa shape index (κ3) is 7.49. The number of carbonyl (C=O) groups excluding carboxylic acids is 3. The highest BCUT2D eigenvalue weighted by atomic mass is 16.5. The zero-order valence-corrected chi connectivity index (χ0v) is 35.4. The Labute approximate surface area is 356 Å². The predicted octanol–water partition coefficient (Wildman–Crippen LogP) is 7.75. The highest BCUT2D eigenvalue weighted by Crippen LogP contribution is 2.58. The first-order chi connectivity index (χ1) is 29.6. The third-order valence-corrected chi connectivity index (χ3v) is 14.3. The molecule has 6 unspecified atom stereocenters. The maximum absolute atomic E-state index is 14.0. The maximum atomic E-state index is 14.0. The topological polar surface area (TPSA) is 158 Å². The van der Waals surface area contributed by atoms with Gasteiger partial charge in [-0.25, -0.2) is 14.8 Å². The minimum Gasteiger partial charge on any atom is -0.453 e. The molecule has 3 aromatic carbocycles. The monoisotopic (exact) mass is 824 g/mol.